The molecule has 0 saturated heterocycles. The summed E-state index contributed by atoms with van der Waals surface area (Å²) in [6, 6.07) is 4.54. The monoisotopic (exact) mass is 374 g/mol. The van der Waals surface area contributed by atoms with Crippen LogP contribution in [-0.4, -0.2) is 36.2 Å². The number of hydrogen-bond acceptors (Lipinski definition) is 3. The molecule has 0 aromatic carbocycles. The van der Waals surface area contributed by atoms with E-state index in [9.17, 15) is 4.79 Å². The Balaban J connectivity index is 1.18. The highest BCUT2D eigenvalue weighted by molar-refractivity contribution is 5.74. The first-order chi connectivity index (χ1) is 13.2. The van der Waals surface area contributed by atoms with Crippen LogP contribution in [0.25, 0.3) is 0 Å². The molecule has 2 atom stereocenters. The molecule has 5 heteroatoms. The number of rotatable bonds is 9. The number of carbonyl (C=O) groups excluding carboxylic acids is 1. The van der Waals surface area contributed by atoms with Crippen molar-refractivity contribution in [2.24, 2.45) is 5.92 Å². The average Bonchev–Trinajstić information content (AvgIpc) is 3.60. The first kappa shape index (κ1) is 18.9. The second-order valence-electron chi connectivity index (χ2n) is 8.70. The Bertz CT molecular complexity index is 619. The predicted octanol–water partition coefficient (Wildman–Crippen LogP) is 4.82. The zero-order chi connectivity index (χ0) is 18.6. The van der Waals surface area contributed by atoms with Gasteiger partial charge in [-0.05, 0) is 56.6 Å². The smallest absolute Gasteiger partial charge is 0.318 e. The van der Waals surface area contributed by atoms with Gasteiger partial charge in [-0.2, -0.15) is 0 Å². The Morgan fingerprint density at radius 1 is 1.22 bits per heavy atom. The van der Waals surface area contributed by atoms with Gasteiger partial charge in [-0.25, -0.2) is 4.79 Å². The SMILES string of the molecule is CC1CC1c1ccc(CN(C(=O)NCCCOC2CCCCC2)C2CC2)o1. The van der Waals surface area contributed by atoms with Crippen LogP contribution in [0.5, 0.6) is 0 Å². The van der Waals surface area contributed by atoms with Gasteiger partial charge in [0.05, 0.1) is 12.6 Å². The summed E-state index contributed by atoms with van der Waals surface area (Å²) < 4.78 is 11.9. The van der Waals surface area contributed by atoms with Crippen LogP contribution in [0.3, 0.4) is 0 Å². The van der Waals surface area contributed by atoms with Crippen molar-refractivity contribution in [1.29, 1.82) is 0 Å². The average molecular weight is 375 g/mol. The third-order valence-corrected chi connectivity index (χ3v) is 6.24. The lowest BCUT2D eigenvalue weighted by atomic mass is 9.98. The van der Waals surface area contributed by atoms with E-state index in [2.05, 4.69) is 18.3 Å². The fourth-order valence-corrected chi connectivity index (χ4v) is 4.17. The highest BCUT2D eigenvalue weighted by atomic mass is 16.5. The Labute approximate surface area is 162 Å². The van der Waals surface area contributed by atoms with Gasteiger partial charge in [0.25, 0.3) is 0 Å². The van der Waals surface area contributed by atoms with Crippen molar-refractivity contribution in [3.63, 3.8) is 0 Å². The van der Waals surface area contributed by atoms with E-state index in [0.717, 1.165) is 43.3 Å². The van der Waals surface area contributed by atoms with Crippen LogP contribution < -0.4 is 5.32 Å². The van der Waals surface area contributed by atoms with Gasteiger partial charge in [-0.3, -0.25) is 0 Å². The maximum absolute atomic E-state index is 12.6. The van der Waals surface area contributed by atoms with E-state index in [0.29, 0.717) is 31.2 Å². The van der Waals surface area contributed by atoms with Gasteiger partial charge < -0.3 is 19.4 Å². The van der Waals surface area contributed by atoms with Gasteiger partial charge in [-0.15, -0.1) is 0 Å². The molecule has 1 heterocycles. The number of urea groups is 1. The van der Waals surface area contributed by atoms with Gasteiger partial charge in [0.15, 0.2) is 0 Å². The van der Waals surface area contributed by atoms with Crippen LogP contribution in [-0.2, 0) is 11.3 Å². The van der Waals surface area contributed by atoms with Gasteiger partial charge >= 0.3 is 6.03 Å². The van der Waals surface area contributed by atoms with Crippen LogP contribution in [0.15, 0.2) is 16.5 Å². The van der Waals surface area contributed by atoms with Crippen molar-refractivity contribution >= 4 is 6.03 Å². The molecule has 27 heavy (non-hydrogen) atoms. The van der Waals surface area contributed by atoms with E-state index < -0.39 is 0 Å². The van der Waals surface area contributed by atoms with Crippen molar-refractivity contribution < 1.29 is 13.9 Å². The Morgan fingerprint density at radius 3 is 2.70 bits per heavy atom. The molecule has 1 aromatic heterocycles. The Kier molecular flexibility index (Phi) is 6.06. The number of carbonyl (C=O) groups is 1. The van der Waals surface area contributed by atoms with Crippen LogP contribution >= 0.6 is 0 Å². The lowest BCUT2D eigenvalue weighted by Crippen LogP contribution is -2.41. The predicted molar refractivity (Wildman–Crippen MR) is 105 cm³/mol. The fraction of sp³-hybridized carbons (Fsp3) is 0.773. The molecule has 4 rings (SSSR count). The molecule has 2 unspecified atom stereocenters. The van der Waals surface area contributed by atoms with Crippen LogP contribution in [0, 0.1) is 5.92 Å². The number of hydrogen-bond donors (Lipinski definition) is 1. The van der Waals surface area contributed by atoms with E-state index in [1.54, 1.807) is 0 Å². The number of nitrogens with zero attached hydrogens (tertiary/aromatic N) is 1. The van der Waals surface area contributed by atoms with Crippen molar-refractivity contribution in [2.45, 2.75) is 89.3 Å². The van der Waals surface area contributed by atoms with E-state index in [4.69, 9.17) is 9.15 Å². The minimum Gasteiger partial charge on any atom is -0.464 e. The molecule has 3 aliphatic rings. The topological polar surface area (TPSA) is 54.7 Å². The van der Waals surface area contributed by atoms with Crippen LogP contribution in [0.1, 0.15) is 82.1 Å². The number of nitrogens with one attached hydrogen (secondary N) is 1. The number of ether oxygens (including phenoxy) is 1. The van der Waals surface area contributed by atoms with Gasteiger partial charge in [-0.1, -0.05) is 26.2 Å². The van der Waals surface area contributed by atoms with Crippen molar-refractivity contribution in [3.8, 4) is 0 Å². The highest BCUT2D eigenvalue weighted by Gasteiger charge is 2.37. The molecule has 0 aliphatic heterocycles. The number of furan rings is 1. The van der Waals surface area contributed by atoms with Gasteiger partial charge in [0.2, 0.25) is 0 Å². The Morgan fingerprint density at radius 2 is 2.00 bits per heavy atom. The summed E-state index contributed by atoms with van der Waals surface area (Å²) in [7, 11) is 0. The molecule has 1 N–H and O–H groups in total. The summed E-state index contributed by atoms with van der Waals surface area (Å²) in [6.45, 7) is 4.26. The lowest BCUT2D eigenvalue weighted by molar-refractivity contribution is 0.0274. The van der Waals surface area contributed by atoms with E-state index >= 15 is 0 Å². The zero-order valence-electron chi connectivity index (χ0n) is 16.6. The first-order valence-electron chi connectivity index (χ1n) is 11.0. The zero-order valence-corrected chi connectivity index (χ0v) is 16.6. The maximum atomic E-state index is 12.6. The van der Waals surface area contributed by atoms with Gasteiger partial charge in [0.1, 0.15) is 11.5 Å². The molecule has 5 nitrogen and oxygen atoms in total. The Hall–Kier alpha value is -1.49. The molecule has 3 aliphatic carbocycles. The van der Waals surface area contributed by atoms with E-state index in [1.807, 2.05) is 11.0 Å². The van der Waals surface area contributed by atoms with E-state index in [1.165, 1.54) is 38.5 Å². The summed E-state index contributed by atoms with van der Waals surface area (Å²) in [4.78, 5) is 14.6. The molecule has 0 bridgehead atoms. The van der Waals surface area contributed by atoms with Crippen LogP contribution in [0.4, 0.5) is 4.79 Å². The number of amides is 2. The molecule has 3 fully saturated rings. The quantitative estimate of drug-likeness (QED) is 0.631. The standard InChI is InChI=1S/C22H34N2O3/c1-16-14-20(16)21-11-10-19(27-21)15-24(17-8-9-17)22(25)23-12-5-13-26-18-6-3-2-4-7-18/h10-11,16-18,20H,2-9,12-15H2,1H3,(H,23,25). The molecular weight excluding hydrogens is 340 g/mol. The minimum absolute atomic E-state index is 0.0351. The summed E-state index contributed by atoms with van der Waals surface area (Å²) in [5.41, 5.74) is 0. The molecule has 150 valence electrons. The second-order valence-corrected chi connectivity index (χ2v) is 8.70. The third kappa shape index (κ3) is 5.28. The molecule has 3 saturated carbocycles. The summed E-state index contributed by atoms with van der Waals surface area (Å²) >= 11 is 0. The van der Waals surface area contributed by atoms with Crippen LogP contribution in [0.2, 0.25) is 0 Å². The molecular formula is C22H34N2O3. The first-order valence-corrected chi connectivity index (χ1v) is 11.0. The lowest BCUT2D eigenvalue weighted by Gasteiger charge is -2.23. The molecule has 0 spiro atoms. The highest BCUT2D eigenvalue weighted by Crippen LogP contribution is 2.47. The summed E-state index contributed by atoms with van der Waals surface area (Å²) in [6.07, 6.45) is 11.1. The fourth-order valence-electron chi connectivity index (χ4n) is 4.17. The summed E-state index contributed by atoms with van der Waals surface area (Å²) in [5.74, 6) is 3.33. The maximum Gasteiger partial charge on any atom is 0.318 e. The summed E-state index contributed by atoms with van der Waals surface area (Å²) in [5, 5.41) is 3.08. The molecule has 2 amide bonds. The molecule has 1 aromatic rings. The van der Waals surface area contributed by atoms with Gasteiger partial charge in [0, 0.05) is 25.1 Å². The van der Waals surface area contributed by atoms with Crippen molar-refractivity contribution in [2.75, 3.05) is 13.2 Å². The normalized spacial score (nSPS) is 25.4. The van der Waals surface area contributed by atoms with Crippen molar-refractivity contribution in [1.82, 2.24) is 10.2 Å². The molecule has 0 radical (unpaired) electrons. The third-order valence-electron chi connectivity index (χ3n) is 6.24. The second kappa shape index (κ2) is 8.68. The van der Waals surface area contributed by atoms with Crippen molar-refractivity contribution in [3.05, 3.63) is 23.7 Å². The minimum atomic E-state index is 0.0351. The largest absolute Gasteiger partial charge is 0.464 e. The van der Waals surface area contributed by atoms with E-state index in [-0.39, 0.29) is 6.03 Å².